The zero-order chi connectivity index (χ0) is 13.0. The summed E-state index contributed by atoms with van der Waals surface area (Å²) in [6.45, 7) is 4.43. The fourth-order valence-corrected chi connectivity index (χ4v) is 2.47. The minimum Gasteiger partial charge on any atom is -0.493 e. The van der Waals surface area contributed by atoms with Gasteiger partial charge in [-0.2, -0.15) is 0 Å². The molecule has 0 spiro atoms. The summed E-state index contributed by atoms with van der Waals surface area (Å²) in [5.41, 5.74) is 7.02. The monoisotopic (exact) mass is 313 g/mol. The van der Waals surface area contributed by atoms with Crippen molar-refractivity contribution in [3.8, 4) is 5.75 Å². The van der Waals surface area contributed by atoms with Crippen LogP contribution in [0, 0.1) is 5.92 Å². The Morgan fingerprint density at radius 2 is 2.17 bits per heavy atom. The van der Waals surface area contributed by atoms with Gasteiger partial charge in [0.25, 0.3) is 0 Å². The van der Waals surface area contributed by atoms with Gasteiger partial charge in [0.2, 0.25) is 0 Å². The summed E-state index contributed by atoms with van der Waals surface area (Å²) in [5.74, 6) is 1.49. The van der Waals surface area contributed by atoms with Crippen LogP contribution >= 0.6 is 15.9 Å². The maximum Gasteiger partial charge on any atom is 0.125 e. The van der Waals surface area contributed by atoms with Crippen molar-refractivity contribution in [2.75, 3.05) is 19.8 Å². The molecule has 0 aliphatic carbocycles. The van der Waals surface area contributed by atoms with Crippen molar-refractivity contribution in [2.24, 2.45) is 11.7 Å². The summed E-state index contributed by atoms with van der Waals surface area (Å²) in [6.07, 6.45) is 2.17. The van der Waals surface area contributed by atoms with E-state index in [0.717, 1.165) is 48.4 Å². The van der Waals surface area contributed by atoms with E-state index in [1.165, 1.54) is 0 Å². The largest absolute Gasteiger partial charge is 0.493 e. The van der Waals surface area contributed by atoms with Gasteiger partial charge in [0.05, 0.1) is 6.61 Å². The summed E-state index contributed by atoms with van der Waals surface area (Å²) in [7, 11) is 0. The van der Waals surface area contributed by atoms with E-state index in [1.807, 2.05) is 25.1 Å². The van der Waals surface area contributed by atoms with Crippen LogP contribution in [0.5, 0.6) is 5.75 Å². The molecule has 3 nitrogen and oxygen atoms in total. The number of nitrogens with two attached hydrogens (primary N) is 1. The van der Waals surface area contributed by atoms with E-state index in [-0.39, 0.29) is 6.04 Å². The Morgan fingerprint density at radius 1 is 1.44 bits per heavy atom. The van der Waals surface area contributed by atoms with Crippen LogP contribution in [0.1, 0.15) is 31.4 Å². The third kappa shape index (κ3) is 3.70. The fraction of sp³-hybridized carbons (Fsp3) is 0.571. The third-order valence-corrected chi connectivity index (χ3v) is 3.77. The molecule has 1 aromatic rings. The normalized spacial score (nSPS) is 18.6. The Bertz CT molecular complexity index is 389. The molecule has 1 heterocycles. The number of hydrogen-bond acceptors (Lipinski definition) is 3. The van der Waals surface area contributed by atoms with Crippen LogP contribution in [0.25, 0.3) is 0 Å². The van der Waals surface area contributed by atoms with Crippen LogP contribution in [0.4, 0.5) is 0 Å². The molecule has 4 heteroatoms. The molecule has 0 radical (unpaired) electrons. The van der Waals surface area contributed by atoms with Gasteiger partial charge in [-0.15, -0.1) is 0 Å². The van der Waals surface area contributed by atoms with Gasteiger partial charge in [-0.05, 0) is 37.8 Å². The summed E-state index contributed by atoms with van der Waals surface area (Å²) in [6, 6.07) is 6.01. The minimum atomic E-state index is -0.0113. The Balaban J connectivity index is 2.00. The zero-order valence-corrected chi connectivity index (χ0v) is 12.3. The van der Waals surface area contributed by atoms with Crippen molar-refractivity contribution in [3.05, 3.63) is 28.2 Å². The molecule has 0 amide bonds. The maximum atomic E-state index is 5.96. The molecule has 18 heavy (non-hydrogen) atoms. The number of halogens is 1. The first-order valence-electron chi connectivity index (χ1n) is 6.42. The number of benzene rings is 1. The second-order valence-electron chi connectivity index (χ2n) is 4.84. The van der Waals surface area contributed by atoms with Crippen LogP contribution < -0.4 is 10.5 Å². The van der Waals surface area contributed by atoms with E-state index < -0.39 is 0 Å². The van der Waals surface area contributed by atoms with E-state index in [9.17, 15) is 0 Å². The lowest BCUT2D eigenvalue weighted by Gasteiger charge is -2.23. The standard InChI is InChI=1S/C14H20BrNO2/c1-10(16)13-3-2-12(15)8-14(13)18-9-11-4-6-17-7-5-11/h2-3,8,10-11H,4-7,9,16H2,1H3. The first-order chi connectivity index (χ1) is 8.66. The van der Waals surface area contributed by atoms with Gasteiger partial charge in [-0.25, -0.2) is 0 Å². The van der Waals surface area contributed by atoms with E-state index in [2.05, 4.69) is 15.9 Å². The highest BCUT2D eigenvalue weighted by molar-refractivity contribution is 9.10. The summed E-state index contributed by atoms with van der Waals surface area (Å²) >= 11 is 3.47. The summed E-state index contributed by atoms with van der Waals surface area (Å²) in [5, 5.41) is 0. The summed E-state index contributed by atoms with van der Waals surface area (Å²) in [4.78, 5) is 0. The topological polar surface area (TPSA) is 44.5 Å². The number of ether oxygens (including phenoxy) is 2. The maximum absolute atomic E-state index is 5.96. The highest BCUT2D eigenvalue weighted by Crippen LogP contribution is 2.28. The lowest BCUT2D eigenvalue weighted by molar-refractivity contribution is 0.0495. The second kappa shape index (κ2) is 6.55. The molecule has 2 N–H and O–H groups in total. The van der Waals surface area contributed by atoms with Crippen molar-refractivity contribution >= 4 is 15.9 Å². The van der Waals surface area contributed by atoms with Gasteiger partial charge < -0.3 is 15.2 Å². The molecule has 1 fully saturated rings. The molecule has 0 saturated carbocycles. The van der Waals surface area contributed by atoms with Crippen LogP contribution in [0.3, 0.4) is 0 Å². The Morgan fingerprint density at radius 3 is 2.83 bits per heavy atom. The molecule has 100 valence electrons. The van der Waals surface area contributed by atoms with E-state index in [0.29, 0.717) is 5.92 Å². The van der Waals surface area contributed by atoms with Gasteiger partial charge >= 0.3 is 0 Å². The zero-order valence-electron chi connectivity index (χ0n) is 10.7. The molecule has 2 rings (SSSR count). The van der Waals surface area contributed by atoms with Gasteiger partial charge in [-0.3, -0.25) is 0 Å². The third-order valence-electron chi connectivity index (χ3n) is 3.28. The van der Waals surface area contributed by atoms with Crippen molar-refractivity contribution < 1.29 is 9.47 Å². The average molecular weight is 314 g/mol. The molecule has 1 aliphatic rings. The van der Waals surface area contributed by atoms with Gasteiger partial charge in [-0.1, -0.05) is 22.0 Å². The van der Waals surface area contributed by atoms with Gasteiger partial charge in [0.15, 0.2) is 0 Å². The quantitative estimate of drug-likeness (QED) is 0.927. The van der Waals surface area contributed by atoms with E-state index in [4.69, 9.17) is 15.2 Å². The van der Waals surface area contributed by atoms with Crippen LogP contribution in [0.2, 0.25) is 0 Å². The first-order valence-corrected chi connectivity index (χ1v) is 7.21. The minimum absolute atomic E-state index is 0.0113. The van der Waals surface area contributed by atoms with Gasteiger partial charge in [0.1, 0.15) is 5.75 Å². The predicted octanol–water partition coefficient (Wildman–Crippen LogP) is 3.27. The molecule has 1 atom stereocenters. The highest BCUT2D eigenvalue weighted by atomic mass is 79.9. The Kier molecular flexibility index (Phi) is 5.03. The van der Waals surface area contributed by atoms with E-state index in [1.54, 1.807) is 0 Å². The second-order valence-corrected chi connectivity index (χ2v) is 5.75. The SMILES string of the molecule is CC(N)c1ccc(Br)cc1OCC1CCOCC1. The molecular formula is C14H20BrNO2. The summed E-state index contributed by atoms with van der Waals surface area (Å²) < 4.78 is 12.3. The smallest absolute Gasteiger partial charge is 0.125 e. The predicted molar refractivity (Wildman–Crippen MR) is 75.8 cm³/mol. The van der Waals surface area contributed by atoms with Crippen molar-refractivity contribution in [3.63, 3.8) is 0 Å². The first kappa shape index (κ1) is 13.8. The van der Waals surface area contributed by atoms with Crippen LogP contribution in [-0.2, 0) is 4.74 Å². The van der Waals surface area contributed by atoms with Gasteiger partial charge in [0, 0.05) is 29.3 Å². The molecular weight excluding hydrogens is 294 g/mol. The lowest BCUT2D eigenvalue weighted by atomic mass is 10.0. The van der Waals surface area contributed by atoms with Crippen molar-refractivity contribution in [1.29, 1.82) is 0 Å². The molecule has 1 aromatic carbocycles. The lowest BCUT2D eigenvalue weighted by Crippen LogP contribution is -2.22. The van der Waals surface area contributed by atoms with E-state index >= 15 is 0 Å². The number of rotatable bonds is 4. The highest BCUT2D eigenvalue weighted by Gasteiger charge is 2.16. The van der Waals surface area contributed by atoms with Crippen molar-refractivity contribution in [1.82, 2.24) is 0 Å². The fourth-order valence-electron chi connectivity index (χ4n) is 2.13. The molecule has 1 saturated heterocycles. The molecule has 1 aliphatic heterocycles. The molecule has 0 aromatic heterocycles. The number of hydrogen-bond donors (Lipinski definition) is 1. The van der Waals surface area contributed by atoms with Crippen molar-refractivity contribution in [2.45, 2.75) is 25.8 Å². The molecule has 1 unspecified atom stereocenters. The molecule has 0 bridgehead atoms. The van der Waals surface area contributed by atoms with Crippen LogP contribution in [-0.4, -0.2) is 19.8 Å². The average Bonchev–Trinajstić information content (AvgIpc) is 2.37. The Labute approximate surface area is 117 Å². The van der Waals surface area contributed by atoms with Crippen LogP contribution in [0.15, 0.2) is 22.7 Å². The Hall–Kier alpha value is -0.580.